The Morgan fingerprint density at radius 2 is 1.96 bits per heavy atom. The molecule has 4 nitrogen and oxygen atoms in total. The first-order valence-electron chi connectivity index (χ1n) is 9.02. The number of halogens is 2. The van der Waals surface area contributed by atoms with E-state index in [0.717, 1.165) is 28.7 Å². The Morgan fingerprint density at radius 1 is 1.15 bits per heavy atom. The molecule has 0 unspecified atom stereocenters. The molecule has 0 bridgehead atoms. The van der Waals surface area contributed by atoms with Crippen LogP contribution in [0, 0.1) is 0 Å². The Bertz CT molecular complexity index is 946. The van der Waals surface area contributed by atoms with Gasteiger partial charge in [-0.3, -0.25) is 0 Å². The molecule has 2 aromatic heterocycles. The van der Waals surface area contributed by atoms with Gasteiger partial charge in [-0.2, -0.15) is 0 Å². The number of benzene rings is 1. The van der Waals surface area contributed by atoms with Crippen LogP contribution in [0.15, 0.2) is 41.3 Å². The summed E-state index contributed by atoms with van der Waals surface area (Å²) in [5.41, 5.74) is 2.04. The zero-order valence-electron chi connectivity index (χ0n) is 14.6. The van der Waals surface area contributed by atoms with Gasteiger partial charge >= 0.3 is 175 Å². The van der Waals surface area contributed by atoms with Crippen LogP contribution in [0.5, 0.6) is 0 Å². The molecule has 2 heterocycles. The van der Waals surface area contributed by atoms with Crippen LogP contribution in [0.25, 0.3) is 15.8 Å². The first kappa shape index (κ1) is 18.8. The minimum atomic E-state index is -0.119. The van der Waals surface area contributed by atoms with E-state index in [1.807, 2.05) is 18.2 Å². The molecular formula is C20H19Cl2N3OSe. The van der Waals surface area contributed by atoms with Crippen molar-refractivity contribution in [3.63, 3.8) is 0 Å². The number of carbonyl (C=O) groups is 1. The molecule has 140 valence electrons. The third kappa shape index (κ3) is 4.17. The molecule has 4 rings (SSSR count). The fourth-order valence-corrected chi connectivity index (χ4v) is 5.45. The standard InChI is InChI=1S/C20H19Cl2N3OSe/c21-13-8-9-17(15(22)11-13)25-18(19-7-4-10-27-19)12-16(24-25)20(26)23-14-5-2-1-3-6-14/h4,7-12,14H,1-3,5-6H2,(H,23,26). The van der Waals surface area contributed by atoms with Crippen molar-refractivity contribution in [2.45, 2.75) is 38.1 Å². The molecule has 0 spiro atoms. The number of aromatic nitrogens is 2. The van der Waals surface area contributed by atoms with Crippen LogP contribution in [-0.4, -0.2) is 36.2 Å². The second-order valence-electron chi connectivity index (χ2n) is 6.71. The van der Waals surface area contributed by atoms with Crippen LogP contribution in [0.2, 0.25) is 10.0 Å². The van der Waals surface area contributed by atoms with Crippen molar-refractivity contribution in [3.8, 4) is 15.8 Å². The first-order valence-corrected chi connectivity index (χ1v) is 11.6. The van der Waals surface area contributed by atoms with Crippen LogP contribution < -0.4 is 5.32 Å². The molecule has 1 fully saturated rings. The van der Waals surface area contributed by atoms with Crippen LogP contribution >= 0.6 is 23.2 Å². The third-order valence-corrected chi connectivity index (χ3v) is 7.20. The van der Waals surface area contributed by atoms with E-state index in [0.29, 0.717) is 15.7 Å². The fourth-order valence-electron chi connectivity index (χ4n) is 3.43. The second-order valence-corrected chi connectivity index (χ2v) is 9.54. The van der Waals surface area contributed by atoms with E-state index in [4.69, 9.17) is 23.2 Å². The van der Waals surface area contributed by atoms with E-state index >= 15 is 0 Å². The number of nitrogens with zero attached hydrogens (tertiary/aromatic N) is 2. The van der Waals surface area contributed by atoms with Crippen molar-refractivity contribution in [1.82, 2.24) is 15.1 Å². The molecule has 0 aliphatic heterocycles. The summed E-state index contributed by atoms with van der Waals surface area (Å²) in [5.74, 6) is -0.119. The Hall–Kier alpha value is -1.52. The summed E-state index contributed by atoms with van der Waals surface area (Å²) < 4.78 is 2.92. The maximum atomic E-state index is 12.8. The molecule has 1 aliphatic rings. The van der Waals surface area contributed by atoms with Crippen molar-refractivity contribution >= 4 is 43.6 Å². The van der Waals surface area contributed by atoms with Crippen LogP contribution in [-0.2, 0) is 0 Å². The van der Waals surface area contributed by atoms with Gasteiger partial charge in [0.15, 0.2) is 0 Å². The average Bonchev–Trinajstić information content (AvgIpc) is 3.32. The molecule has 0 atom stereocenters. The molecule has 1 aliphatic carbocycles. The van der Waals surface area contributed by atoms with Gasteiger partial charge in [0.2, 0.25) is 0 Å². The Balaban J connectivity index is 1.70. The van der Waals surface area contributed by atoms with Gasteiger partial charge in [0, 0.05) is 0 Å². The number of carbonyl (C=O) groups excluding carboxylic acids is 1. The molecule has 1 N–H and O–H groups in total. The van der Waals surface area contributed by atoms with Gasteiger partial charge in [0.1, 0.15) is 0 Å². The van der Waals surface area contributed by atoms with E-state index in [9.17, 15) is 4.79 Å². The predicted molar refractivity (Wildman–Crippen MR) is 110 cm³/mol. The summed E-state index contributed by atoms with van der Waals surface area (Å²) in [7, 11) is 0. The zero-order valence-corrected chi connectivity index (χ0v) is 17.8. The van der Waals surface area contributed by atoms with Crippen molar-refractivity contribution in [1.29, 1.82) is 0 Å². The SMILES string of the molecule is O=C(NC1CCCCC1)c1cc(-c2ccc[se]2)n(-c2ccc(Cl)cc2Cl)n1. The molecule has 0 saturated heterocycles. The molecule has 0 radical (unpaired) electrons. The van der Waals surface area contributed by atoms with E-state index in [1.165, 1.54) is 19.3 Å². The molecular weight excluding hydrogens is 448 g/mol. The fraction of sp³-hybridized carbons (Fsp3) is 0.300. The van der Waals surface area contributed by atoms with Gasteiger partial charge < -0.3 is 0 Å². The number of hydrogen-bond acceptors (Lipinski definition) is 2. The summed E-state index contributed by atoms with van der Waals surface area (Å²) in [4.78, 5) is 14.9. The molecule has 3 aromatic rings. The van der Waals surface area contributed by atoms with Crippen LogP contribution in [0.3, 0.4) is 0 Å². The molecule has 1 amide bonds. The Labute approximate surface area is 174 Å². The van der Waals surface area contributed by atoms with E-state index in [1.54, 1.807) is 16.8 Å². The summed E-state index contributed by atoms with van der Waals surface area (Å²) in [6.07, 6.45) is 5.68. The van der Waals surface area contributed by atoms with Gasteiger partial charge in [-0.1, -0.05) is 0 Å². The number of nitrogens with one attached hydrogen (secondary N) is 1. The topological polar surface area (TPSA) is 46.9 Å². The zero-order chi connectivity index (χ0) is 18.8. The maximum absolute atomic E-state index is 12.8. The predicted octanol–water partition coefficient (Wildman–Crippen LogP) is 4.97. The van der Waals surface area contributed by atoms with Gasteiger partial charge in [-0.25, -0.2) is 0 Å². The Morgan fingerprint density at radius 3 is 2.67 bits per heavy atom. The molecule has 27 heavy (non-hydrogen) atoms. The van der Waals surface area contributed by atoms with Gasteiger partial charge in [0.05, 0.1) is 0 Å². The van der Waals surface area contributed by atoms with Gasteiger partial charge in [-0.05, 0) is 0 Å². The van der Waals surface area contributed by atoms with Crippen molar-refractivity contribution in [3.05, 3.63) is 57.1 Å². The minimum absolute atomic E-state index is 0.119. The van der Waals surface area contributed by atoms with Crippen LogP contribution in [0.1, 0.15) is 42.6 Å². The van der Waals surface area contributed by atoms with Crippen molar-refractivity contribution in [2.75, 3.05) is 0 Å². The normalized spacial score (nSPS) is 15.0. The first-order chi connectivity index (χ1) is 13.1. The summed E-state index contributed by atoms with van der Waals surface area (Å²) in [6.45, 7) is 0. The van der Waals surface area contributed by atoms with Gasteiger partial charge in [0.25, 0.3) is 0 Å². The number of rotatable bonds is 4. The quantitative estimate of drug-likeness (QED) is 0.552. The Kier molecular flexibility index (Phi) is 5.74. The van der Waals surface area contributed by atoms with Crippen molar-refractivity contribution in [2.24, 2.45) is 0 Å². The van der Waals surface area contributed by atoms with E-state index < -0.39 is 0 Å². The second kappa shape index (κ2) is 8.24. The van der Waals surface area contributed by atoms with Crippen molar-refractivity contribution < 1.29 is 4.79 Å². The monoisotopic (exact) mass is 467 g/mol. The molecule has 1 saturated carbocycles. The summed E-state index contributed by atoms with van der Waals surface area (Å²) in [5, 5.41) is 8.82. The number of amides is 1. The van der Waals surface area contributed by atoms with E-state index in [2.05, 4.69) is 21.4 Å². The summed E-state index contributed by atoms with van der Waals surface area (Å²) in [6, 6.07) is 11.5. The van der Waals surface area contributed by atoms with E-state index in [-0.39, 0.29) is 26.5 Å². The molecule has 7 heteroatoms. The molecule has 1 aromatic carbocycles. The van der Waals surface area contributed by atoms with Crippen LogP contribution in [0.4, 0.5) is 0 Å². The number of hydrogen-bond donors (Lipinski definition) is 1. The summed E-state index contributed by atoms with van der Waals surface area (Å²) >= 11 is 12.7. The average molecular weight is 467 g/mol. The third-order valence-electron chi connectivity index (χ3n) is 4.79. The van der Waals surface area contributed by atoms with Gasteiger partial charge in [-0.15, -0.1) is 0 Å².